The van der Waals surface area contributed by atoms with E-state index in [9.17, 15) is 9.59 Å². The number of carbonyl (C=O) groups excluding carboxylic acids is 1. The molecule has 124 valence electrons. The predicted octanol–water partition coefficient (Wildman–Crippen LogP) is 2.47. The summed E-state index contributed by atoms with van der Waals surface area (Å²) in [7, 11) is 1.23. The van der Waals surface area contributed by atoms with Crippen molar-refractivity contribution in [2.24, 2.45) is 5.73 Å². The molecule has 24 heavy (non-hydrogen) atoms. The Bertz CT molecular complexity index is 898. The monoisotopic (exact) mass is 347 g/mol. The molecule has 1 aliphatic rings. The quantitative estimate of drug-likeness (QED) is 0.839. The van der Waals surface area contributed by atoms with E-state index in [1.165, 1.54) is 7.11 Å². The van der Waals surface area contributed by atoms with Gasteiger partial charge < -0.3 is 19.6 Å². The van der Waals surface area contributed by atoms with Crippen molar-refractivity contribution in [1.82, 2.24) is 0 Å². The highest BCUT2D eigenvalue weighted by Gasteiger charge is 2.38. The summed E-state index contributed by atoms with van der Waals surface area (Å²) in [4.78, 5) is 24.6. The normalized spacial score (nSPS) is 16.4. The van der Waals surface area contributed by atoms with Crippen LogP contribution in [0.1, 0.15) is 22.8 Å². The molecule has 0 saturated heterocycles. The third-order valence-electron chi connectivity index (χ3n) is 3.74. The van der Waals surface area contributed by atoms with Gasteiger partial charge in [0.1, 0.15) is 17.1 Å². The average molecular weight is 348 g/mol. The van der Waals surface area contributed by atoms with E-state index in [4.69, 9.17) is 31.2 Å². The molecule has 1 atom stereocenters. The minimum atomic E-state index is -0.768. The Labute approximate surface area is 142 Å². The number of aryl methyl sites for hydroxylation is 1. The number of halogens is 1. The van der Waals surface area contributed by atoms with Gasteiger partial charge in [-0.15, -0.1) is 0 Å². The van der Waals surface area contributed by atoms with Crippen molar-refractivity contribution in [2.75, 3.05) is 7.11 Å². The number of esters is 1. The molecule has 1 aromatic carbocycles. The highest BCUT2D eigenvalue weighted by atomic mass is 35.5. The Morgan fingerprint density at radius 1 is 1.29 bits per heavy atom. The third kappa shape index (κ3) is 2.65. The smallest absolute Gasteiger partial charge is 0.343 e. The van der Waals surface area contributed by atoms with Crippen molar-refractivity contribution in [3.63, 3.8) is 0 Å². The van der Waals surface area contributed by atoms with Crippen LogP contribution in [-0.4, -0.2) is 13.1 Å². The Morgan fingerprint density at radius 3 is 2.58 bits per heavy atom. The summed E-state index contributed by atoms with van der Waals surface area (Å²) >= 11 is 5.92. The number of methoxy groups -OCH3 is 1. The van der Waals surface area contributed by atoms with Crippen LogP contribution in [0.15, 0.2) is 51.0 Å². The Hall–Kier alpha value is -2.73. The predicted molar refractivity (Wildman–Crippen MR) is 86.9 cm³/mol. The highest BCUT2D eigenvalue weighted by molar-refractivity contribution is 6.30. The van der Waals surface area contributed by atoms with Crippen LogP contribution >= 0.6 is 11.6 Å². The number of carbonyl (C=O) groups is 1. The summed E-state index contributed by atoms with van der Waals surface area (Å²) < 4.78 is 15.4. The van der Waals surface area contributed by atoms with Gasteiger partial charge in [-0.25, -0.2) is 9.59 Å². The van der Waals surface area contributed by atoms with Gasteiger partial charge in [0.25, 0.3) is 0 Å². The summed E-state index contributed by atoms with van der Waals surface area (Å²) in [6.07, 6.45) is 0. The molecule has 0 saturated carbocycles. The summed E-state index contributed by atoms with van der Waals surface area (Å²) in [6, 6.07) is 8.29. The van der Waals surface area contributed by atoms with Gasteiger partial charge in [0.05, 0.1) is 18.6 Å². The SMILES string of the molecule is COC(=O)C1=C(N)Oc2cc(C)oc(=O)c2[C@H]1c1ccc(Cl)cc1. The molecule has 1 aromatic heterocycles. The number of rotatable bonds is 2. The summed E-state index contributed by atoms with van der Waals surface area (Å²) in [5.41, 5.74) is 6.21. The van der Waals surface area contributed by atoms with Crippen LogP contribution in [0.4, 0.5) is 0 Å². The zero-order chi connectivity index (χ0) is 17.4. The molecule has 0 amide bonds. The number of fused-ring (bicyclic) bond motifs is 1. The maximum Gasteiger partial charge on any atom is 0.343 e. The fraction of sp³-hybridized carbons (Fsp3) is 0.176. The molecular formula is C17H14ClNO5. The van der Waals surface area contributed by atoms with E-state index in [0.29, 0.717) is 16.3 Å². The maximum atomic E-state index is 12.4. The molecular weight excluding hydrogens is 334 g/mol. The van der Waals surface area contributed by atoms with E-state index >= 15 is 0 Å². The van der Waals surface area contributed by atoms with E-state index in [1.807, 2.05) is 0 Å². The summed E-state index contributed by atoms with van der Waals surface area (Å²) in [5.74, 6) is -0.926. The van der Waals surface area contributed by atoms with Crippen molar-refractivity contribution < 1.29 is 18.7 Å². The Balaban J connectivity index is 2.29. The van der Waals surface area contributed by atoms with Crippen LogP contribution in [-0.2, 0) is 9.53 Å². The van der Waals surface area contributed by atoms with Crippen molar-refractivity contribution >= 4 is 17.6 Å². The zero-order valence-electron chi connectivity index (χ0n) is 13.0. The standard InChI is InChI=1S/C17H14ClNO5/c1-8-7-11-13(17(21)23-8)12(9-3-5-10(18)6-4-9)14(15(19)24-11)16(20)22-2/h3-7,12H,19H2,1-2H3/t12-/m1/s1. The minimum absolute atomic E-state index is 0.0449. The first-order valence-electron chi connectivity index (χ1n) is 7.08. The highest BCUT2D eigenvalue weighted by Crippen LogP contribution is 2.41. The van der Waals surface area contributed by atoms with E-state index in [1.54, 1.807) is 37.3 Å². The van der Waals surface area contributed by atoms with E-state index in [2.05, 4.69) is 0 Å². The largest absolute Gasteiger partial charge is 0.465 e. The first-order chi connectivity index (χ1) is 11.4. The van der Waals surface area contributed by atoms with Crippen LogP contribution in [0.2, 0.25) is 5.02 Å². The summed E-state index contributed by atoms with van der Waals surface area (Å²) in [5, 5.41) is 0.526. The van der Waals surface area contributed by atoms with Crippen LogP contribution in [0.5, 0.6) is 5.75 Å². The Morgan fingerprint density at radius 2 is 1.96 bits per heavy atom. The summed E-state index contributed by atoms with van der Waals surface area (Å²) in [6.45, 7) is 1.62. The first-order valence-corrected chi connectivity index (χ1v) is 7.46. The van der Waals surface area contributed by atoms with Crippen molar-refractivity contribution in [3.8, 4) is 5.75 Å². The van der Waals surface area contributed by atoms with Crippen molar-refractivity contribution in [3.05, 3.63) is 74.1 Å². The number of benzene rings is 1. The molecule has 7 heteroatoms. The molecule has 0 bridgehead atoms. The van der Waals surface area contributed by atoms with Crippen LogP contribution in [0.3, 0.4) is 0 Å². The number of nitrogens with two attached hydrogens (primary N) is 1. The molecule has 2 heterocycles. The molecule has 2 aromatic rings. The van der Waals surface area contributed by atoms with Gasteiger partial charge >= 0.3 is 11.6 Å². The zero-order valence-corrected chi connectivity index (χ0v) is 13.7. The van der Waals surface area contributed by atoms with Gasteiger partial charge in [-0.3, -0.25) is 0 Å². The molecule has 2 N–H and O–H groups in total. The van der Waals surface area contributed by atoms with Crippen LogP contribution in [0.25, 0.3) is 0 Å². The fourth-order valence-corrected chi connectivity index (χ4v) is 2.84. The fourth-order valence-electron chi connectivity index (χ4n) is 2.72. The third-order valence-corrected chi connectivity index (χ3v) is 4.00. The van der Waals surface area contributed by atoms with Gasteiger partial charge in [-0.05, 0) is 24.6 Å². The lowest BCUT2D eigenvalue weighted by atomic mass is 9.84. The van der Waals surface area contributed by atoms with Gasteiger partial charge in [0, 0.05) is 11.1 Å². The Kier molecular flexibility index (Phi) is 4.07. The molecule has 0 spiro atoms. The topological polar surface area (TPSA) is 91.8 Å². The molecule has 0 aliphatic carbocycles. The lowest BCUT2D eigenvalue weighted by Gasteiger charge is -2.27. The number of ether oxygens (including phenoxy) is 2. The first kappa shape index (κ1) is 16.1. The lowest BCUT2D eigenvalue weighted by Crippen LogP contribution is -2.30. The van der Waals surface area contributed by atoms with Gasteiger partial charge in [0.15, 0.2) is 0 Å². The van der Waals surface area contributed by atoms with Gasteiger partial charge in [-0.2, -0.15) is 0 Å². The number of hydrogen-bond donors (Lipinski definition) is 1. The van der Waals surface area contributed by atoms with Crippen LogP contribution < -0.4 is 16.1 Å². The molecule has 0 fully saturated rings. The average Bonchev–Trinajstić information content (AvgIpc) is 2.53. The molecule has 1 aliphatic heterocycles. The van der Waals surface area contributed by atoms with E-state index in [-0.39, 0.29) is 22.8 Å². The molecule has 0 radical (unpaired) electrons. The van der Waals surface area contributed by atoms with Gasteiger partial charge in [0.2, 0.25) is 5.88 Å². The molecule has 3 rings (SSSR count). The lowest BCUT2D eigenvalue weighted by molar-refractivity contribution is -0.136. The molecule has 6 nitrogen and oxygen atoms in total. The second kappa shape index (κ2) is 6.05. The van der Waals surface area contributed by atoms with E-state index in [0.717, 1.165) is 0 Å². The van der Waals surface area contributed by atoms with Crippen molar-refractivity contribution in [2.45, 2.75) is 12.8 Å². The van der Waals surface area contributed by atoms with Gasteiger partial charge in [-0.1, -0.05) is 23.7 Å². The molecule has 0 unspecified atom stereocenters. The van der Waals surface area contributed by atoms with Crippen molar-refractivity contribution in [1.29, 1.82) is 0 Å². The maximum absolute atomic E-state index is 12.4. The van der Waals surface area contributed by atoms with E-state index < -0.39 is 17.5 Å². The second-order valence-electron chi connectivity index (χ2n) is 5.28. The van der Waals surface area contributed by atoms with Crippen LogP contribution in [0, 0.1) is 6.92 Å². The number of hydrogen-bond acceptors (Lipinski definition) is 6. The minimum Gasteiger partial charge on any atom is -0.465 e. The second-order valence-corrected chi connectivity index (χ2v) is 5.72.